The summed E-state index contributed by atoms with van der Waals surface area (Å²) in [4.78, 5) is 23.3. The second-order valence-electron chi connectivity index (χ2n) is 10.2. The van der Waals surface area contributed by atoms with Gasteiger partial charge in [0.1, 0.15) is 17.5 Å². The van der Waals surface area contributed by atoms with Crippen LogP contribution in [0.5, 0.6) is 0 Å². The van der Waals surface area contributed by atoms with E-state index < -0.39 is 17.0 Å². The highest BCUT2D eigenvalue weighted by Gasteiger charge is 2.30. The van der Waals surface area contributed by atoms with Gasteiger partial charge >= 0.3 is 0 Å². The molecule has 3 aromatic rings. The second kappa shape index (κ2) is 8.74. The molecule has 0 atom stereocenters. The van der Waals surface area contributed by atoms with Crippen LogP contribution in [0.3, 0.4) is 0 Å². The van der Waals surface area contributed by atoms with Gasteiger partial charge in [-0.05, 0) is 49.2 Å². The molecule has 8 heteroatoms. The van der Waals surface area contributed by atoms with Crippen LogP contribution in [-0.2, 0) is 6.54 Å². The standard InChI is InChI=1S/C26H30F2N4O2/c1-26(2,16-33)15-32-24(20-13-17(27)3-5-22(20)28)29-23-6-4-19(14-21(23)25(32)34)31-12-11-30-9-7-18(31)8-10-30/h3-6,13-14,18,33H,7-12,15-16H2,1-2H3. The summed E-state index contributed by atoms with van der Waals surface area (Å²) in [5, 5.41) is 10.3. The van der Waals surface area contributed by atoms with Crippen LogP contribution in [0.25, 0.3) is 22.3 Å². The maximum Gasteiger partial charge on any atom is 0.261 e. The Hall–Kier alpha value is -2.84. The molecule has 0 unspecified atom stereocenters. The second-order valence-corrected chi connectivity index (χ2v) is 10.2. The first kappa shape index (κ1) is 22.9. The van der Waals surface area contributed by atoms with Gasteiger partial charge in [-0.3, -0.25) is 9.36 Å². The monoisotopic (exact) mass is 468 g/mol. The number of aromatic nitrogens is 2. The van der Waals surface area contributed by atoms with Gasteiger partial charge in [0.15, 0.2) is 0 Å². The van der Waals surface area contributed by atoms with Crippen LogP contribution < -0.4 is 10.5 Å². The molecule has 34 heavy (non-hydrogen) atoms. The van der Waals surface area contributed by atoms with Gasteiger partial charge in [0.05, 0.1) is 16.5 Å². The zero-order valence-electron chi connectivity index (χ0n) is 19.6. The van der Waals surface area contributed by atoms with Gasteiger partial charge < -0.3 is 14.9 Å². The van der Waals surface area contributed by atoms with Crippen LogP contribution in [0, 0.1) is 17.0 Å². The van der Waals surface area contributed by atoms with E-state index in [2.05, 4.69) is 14.8 Å². The molecule has 6 rings (SSSR count). The molecule has 0 amide bonds. The van der Waals surface area contributed by atoms with Crippen molar-refractivity contribution in [1.82, 2.24) is 14.5 Å². The number of aliphatic hydroxyl groups is 1. The van der Waals surface area contributed by atoms with E-state index in [0.29, 0.717) is 16.9 Å². The molecule has 0 radical (unpaired) electrons. The Labute approximate surface area is 197 Å². The fourth-order valence-corrected chi connectivity index (χ4v) is 5.11. The smallest absolute Gasteiger partial charge is 0.261 e. The third-order valence-corrected chi connectivity index (χ3v) is 7.11. The minimum Gasteiger partial charge on any atom is -0.396 e. The van der Waals surface area contributed by atoms with Crippen molar-refractivity contribution < 1.29 is 13.9 Å². The quantitative estimate of drug-likeness (QED) is 0.620. The fraction of sp³-hybridized carbons (Fsp3) is 0.462. The fourth-order valence-electron chi connectivity index (χ4n) is 5.11. The number of halogens is 2. The van der Waals surface area contributed by atoms with Gasteiger partial charge in [0, 0.05) is 56.5 Å². The summed E-state index contributed by atoms with van der Waals surface area (Å²) in [6.45, 7) is 7.67. The molecule has 6 nitrogen and oxygen atoms in total. The van der Waals surface area contributed by atoms with E-state index in [-0.39, 0.29) is 30.1 Å². The van der Waals surface area contributed by atoms with Crippen LogP contribution in [0.15, 0.2) is 41.2 Å². The average molecular weight is 469 g/mol. The zero-order valence-corrected chi connectivity index (χ0v) is 19.6. The number of aliphatic hydroxyl groups excluding tert-OH is 1. The van der Waals surface area contributed by atoms with Crippen molar-refractivity contribution in [3.8, 4) is 11.4 Å². The van der Waals surface area contributed by atoms with E-state index >= 15 is 0 Å². The van der Waals surface area contributed by atoms with Crippen LogP contribution in [0.4, 0.5) is 14.5 Å². The highest BCUT2D eigenvalue weighted by Crippen LogP contribution is 2.30. The molecule has 180 valence electrons. The van der Waals surface area contributed by atoms with Crippen molar-refractivity contribution in [3.63, 3.8) is 0 Å². The molecular weight excluding hydrogens is 438 g/mol. The van der Waals surface area contributed by atoms with Crippen LogP contribution >= 0.6 is 0 Å². The lowest BCUT2D eigenvalue weighted by molar-refractivity contribution is 0.140. The van der Waals surface area contributed by atoms with Crippen LogP contribution in [0.1, 0.15) is 26.7 Å². The Morgan fingerprint density at radius 2 is 1.82 bits per heavy atom. The Balaban J connectivity index is 1.68. The molecule has 0 spiro atoms. The molecule has 1 N–H and O–H groups in total. The number of anilines is 1. The summed E-state index contributed by atoms with van der Waals surface area (Å²) < 4.78 is 30.1. The summed E-state index contributed by atoms with van der Waals surface area (Å²) >= 11 is 0. The molecule has 3 aliphatic heterocycles. The predicted octanol–water partition coefficient (Wildman–Crippen LogP) is 3.64. The van der Waals surface area contributed by atoms with E-state index in [1.54, 1.807) is 6.07 Å². The molecule has 0 aliphatic carbocycles. The van der Waals surface area contributed by atoms with E-state index in [0.717, 1.165) is 62.9 Å². The highest BCUT2D eigenvalue weighted by atomic mass is 19.1. The highest BCUT2D eigenvalue weighted by molar-refractivity contribution is 5.83. The molecule has 2 aromatic carbocycles. The third kappa shape index (κ3) is 4.20. The van der Waals surface area contributed by atoms with Crippen LogP contribution in [-0.4, -0.2) is 58.4 Å². The predicted molar refractivity (Wildman–Crippen MR) is 129 cm³/mol. The van der Waals surface area contributed by atoms with Gasteiger partial charge in [0.25, 0.3) is 5.56 Å². The molecule has 1 aromatic heterocycles. The first-order valence-corrected chi connectivity index (χ1v) is 11.9. The molecule has 3 fully saturated rings. The van der Waals surface area contributed by atoms with Gasteiger partial charge in [-0.1, -0.05) is 13.8 Å². The van der Waals surface area contributed by atoms with E-state index in [4.69, 9.17) is 0 Å². The van der Waals surface area contributed by atoms with Gasteiger partial charge in [-0.25, -0.2) is 13.8 Å². The molecule has 2 bridgehead atoms. The number of nitrogens with zero attached hydrogens (tertiary/aromatic N) is 4. The SMILES string of the molecule is CC(C)(CO)Cn1c(-c2cc(F)ccc2F)nc2ccc(N3CCN4CCC3CC4)cc2c1=O. The zero-order chi connectivity index (χ0) is 24.0. The van der Waals surface area contributed by atoms with Crippen molar-refractivity contribution in [2.75, 3.05) is 37.7 Å². The van der Waals surface area contributed by atoms with Crippen molar-refractivity contribution in [2.24, 2.45) is 5.41 Å². The van der Waals surface area contributed by atoms with Crippen LogP contribution in [0.2, 0.25) is 0 Å². The summed E-state index contributed by atoms with van der Waals surface area (Å²) in [6.07, 6.45) is 2.20. The topological polar surface area (TPSA) is 61.6 Å². The summed E-state index contributed by atoms with van der Waals surface area (Å²) in [5.74, 6) is -1.21. The first-order chi connectivity index (χ1) is 16.3. The Kier molecular flexibility index (Phi) is 5.90. The maximum absolute atomic E-state index is 14.7. The molecule has 4 heterocycles. The molecule has 3 saturated heterocycles. The van der Waals surface area contributed by atoms with Gasteiger partial charge in [0.2, 0.25) is 0 Å². The molecule has 0 saturated carbocycles. The summed E-state index contributed by atoms with van der Waals surface area (Å²) in [5.41, 5.74) is 0.365. The lowest BCUT2D eigenvalue weighted by Crippen LogP contribution is -2.38. The number of fused-ring (bicyclic) bond motifs is 5. The summed E-state index contributed by atoms with van der Waals surface area (Å²) in [7, 11) is 0. The minimum absolute atomic E-state index is 0.0602. The number of rotatable bonds is 5. The lowest BCUT2D eigenvalue weighted by Gasteiger charge is -2.33. The summed E-state index contributed by atoms with van der Waals surface area (Å²) in [6, 6.07) is 9.23. The Morgan fingerprint density at radius 3 is 2.56 bits per heavy atom. The minimum atomic E-state index is -0.659. The molecule has 3 aliphatic rings. The average Bonchev–Trinajstić information content (AvgIpc) is 3.16. The maximum atomic E-state index is 14.7. The third-order valence-electron chi connectivity index (χ3n) is 7.11. The molecular formula is C26H30F2N4O2. The van der Waals surface area contributed by atoms with Crippen molar-refractivity contribution in [3.05, 3.63) is 58.4 Å². The number of piperidine rings is 1. The Bertz CT molecular complexity index is 1280. The van der Waals surface area contributed by atoms with Crippen molar-refractivity contribution in [2.45, 2.75) is 39.3 Å². The van der Waals surface area contributed by atoms with E-state index in [1.807, 2.05) is 26.0 Å². The largest absolute Gasteiger partial charge is 0.396 e. The number of benzene rings is 2. The lowest BCUT2D eigenvalue weighted by atomic mass is 9.94. The van der Waals surface area contributed by atoms with E-state index in [9.17, 15) is 18.7 Å². The Morgan fingerprint density at radius 1 is 1.06 bits per heavy atom. The first-order valence-electron chi connectivity index (χ1n) is 11.9. The van der Waals surface area contributed by atoms with Gasteiger partial charge in [-0.2, -0.15) is 0 Å². The normalized spacial score (nSPS) is 20.7. The van der Waals surface area contributed by atoms with Crippen molar-refractivity contribution in [1.29, 1.82) is 0 Å². The van der Waals surface area contributed by atoms with Crippen molar-refractivity contribution >= 4 is 16.6 Å². The number of hydrogen-bond acceptors (Lipinski definition) is 5. The number of hydrogen-bond donors (Lipinski definition) is 1. The van der Waals surface area contributed by atoms with E-state index in [1.165, 1.54) is 4.57 Å². The van der Waals surface area contributed by atoms with Gasteiger partial charge in [-0.15, -0.1) is 0 Å².